The molecule has 2 atom stereocenters. The van der Waals surface area contributed by atoms with E-state index in [-0.39, 0.29) is 23.8 Å². The van der Waals surface area contributed by atoms with E-state index in [1.165, 1.54) is 0 Å². The molecule has 0 saturated carbocycles. The normalized spacial score (nSPS) is 20.9. The van der Waals surface area contributed by atoms with E-state index in [0.717, 1.165) is 12.1 Å². The smallest absolute Gasteiger partial charge is 0.227 e. The molecule has 1 aliphatic rings. The van der Waals surface area contributed by atoms with Gasteiger partial charge in [-0.05, 0) is 45.1 Å². The van der Waals surface area contributed by atoms with Gasteiger partial charge < -0.3 is 14.7 Å². The molecule has 0 bridgehead atoms. The molecule has 0 aliphatic carbocycles. The summed E-state index contributed by atoms with van der Waals surface area (Å²) in [6.07, 6.45) is 1.02. The van der Waals surface area contributed by atoms with Crippen LogP contribution in [0.2, 0.25) is 5.02 Å². The maximum atomic E-state index is 13.1. The molecule has 0 N–H and O–H groups in total. The molecule has 1 aliphatic heterocycles. The van der Waals surface area contributed by atoms with E-state index in [4.69, 9.17) is 11.6 Å². The van der Waals surface area contributed by atoms with Crippen molar-refractivity contribution in [3.05, 3.63) is 34.9 Å². The standard InChI is InChI=1S/C19H28ClN3O2/c1-5-23-17(24)11-10-16(19(25)22(4)13-12-21(2)3)18(23)14-6-8-15(20)9-7-14/h6-9,16,18H,5,10-13H2,1-4H3/t16-,18+/m1/s1. The van der Waals surface area contributed by atoms with Crippen molar-refractivity contribution < 1.29 is 9.59 Å². The molecule has 0 aromatic heterocycles. The second-order valence-corrected chi connectivity index (χ2v) is 7.32. The minimum Gasteiger partial charge on any atom is -0.344 e. The van der Waals surface area contributed by atoms with Crippen LogP contribution in [0.25, 0.3) is 0 Å². The molecule has 6 heteroatoms. The van der Waals surface area contributed by atoms with Crippen LogP contribution in [0.15, 0.2) is 24.3 Å². The van der Waals surface area contributed by atoms with Crippen LogP contribution >= 0.6 is 11.6 Å². The summed E-state index contributed by atoms with van der Waals surface area (Å²) in [5.41, 5.74) is 0.971. The number of hydrogen-bond acceptors (Lipinski definition) is 3. The highest BCUT2D eigenvalue weighted by Crippen LogP contribution is 2.37. The van der Waals surface area contributed by atoms with Gasteiger partial charge in [0.2, 0.25) is 11.8 Å². The molecule has 0 radical (unpaired) electrons. The van der Waals surface area contributed by atoms with E-state index >= 15 is 0 Å². The molecule has 0 unspecified atom stereocenters. The number of benzene rings is 1. The van der Waals surface area contributed by atoms with E-state index < -0.39 is 0 Å². The minimum atomic E-state index is -0.224. The predicted octanol–water partition coefficient (Wildman–Crippen LogP) is 2.66. The van der Waals surface area contributed by atoms with E-state index in [1.54, 1.807) is 4.90 Å². The zero-order chi connectivity index (χ0) is 18.6. The third-order valence-corrected chi connectivity index (χ3v) is 5.09. The molecule has 1 aromatic rings. The lowest BCUT2D eigenvalue weighted by Gasteiger charge is -2.41. The first-order chi connectivity index (χ1) is 11.8. The van der Waals surface area contributed by atoms with Gasteiger partial charge in [-0.25, -0.2) is 0 Å². The van der Waals surface area contributed by atoms with Crippen LogP contribution < -0.4 is 0 Å². The Labute approximate surface area is 155 Å². The Balaban J connectivity index is 2.28. The summed E-state index contributed by atoms with van der Waals surface area (Å²) in [5, 5.41) is 0.653. The van der Waals surface area contributed by atoms with Crippen LogP contribution in [0.4, 0.5) is 0 Å². The highest BCUT2D eigenvalue weighted by atomic mass is 35.5. The van der Waals surface area contributed by atoms with Gasteiger partial charge in [0.1, 0.15) is 0 Å². The number of halogens is 1. The summed E-state index contributed by atoms with van der Waals surface area (Å²) in [7, 11) is 5.83. The molecule has 1 saturated heterocycles. The summed E-state index contributed by atoms with van der Waals surface area (Å²) < 4.78 is 0. The molecular weight excluding hydrogens is 338 g/mol. The zero-order valence-electron chi connectivity index (χ0n) is 15.5. The molecule has 2 amide bonds. The zero-order valence-corrected chi connectivity index (χ0v) is 16.3. The van der Waals surface area contributed by atoms with Crippen molar-refractivity contribution in [3.63, 3.8) is 0 Å². The Morgan fingerprint density at radius 1 is 1.20 bits per heavy atom. The minimum absolute atomic E-state index is 0.104. The number of nitrogens with zero attached hydrogens (tertiary/aromatic N) is 3. The summed E-state index contributed by atoms with van der Waals surface area (Å²) in [6.45, 7) is 4.05. The lowest BCUT2D eigenvalue weighted by molar-refractivity contribution is -0.147. The molecule has 138 valence electrons. The molecule has 25 heavy (non-hydrogen) atoms. The van der Waals surface area contributed by atoms with Crippen molar-refractivity contribution in [1.29, 1.82) is 0 Å². The Bertz CT molecular complexity index is 603. The number of carbonyl (C=O) groups is 2. The summed E-state index contributed by atoms with van der Waals surface area (Å²) in [4.78, 5) is 31.1. The molecule has 1 fully saturated rings. The molecule has 0 spiro atoms. The van der Waals surface area contributed by atoms with Gasteiger partial charge in [0.05, 0.1) is 12.0 Å². The fourth-order valence-corrected chi connectivity index (χ4v) is 3.53. The number of hydrogen-bond donors (Lipinski definition) is 0. The number of amides is 2. The predicted molar refractivity (Wildman–Crippen MR) is 100 cm³/mol. The first-order valence-corrected chi connectivity index (χ1v) is 9.17. The van der Waals surface area contributed by atoms with Crippen molar-refractivity contribution in [1.82, 2.24) is 14.7 Å². The first-order valence-electron chi connectivity index (χ1n) is 8.79. The van der Waals surface area contributed by atoms with Crippen LogP contribution in [-0.4, -0.2) is 67.3 Å². The summed E-state index contributed by atoms with van der Waals surface area (Å²) in [6, 6.07) is 7.27. The number of carbonyl (C=O) groups excluding carboxylic acids is 2. The van der Waals surface area contributed by atoms with Gasteiger partial charge in [0, 0.05) is 38.1 Å². The van der Waals surface area contributed by atoms with E-state index in [1.807, 2.05) is 57.2 Å². The monoisotopic (exact) mass is 365 g/mol. The van der Waals surface area contributed by atoms with E-state index in [0.29, 0.717) is 31.0 Å². The average molecular weight is 366 g/mol. The van der Waals surface area contributed by atoms with Gasteiger partial charge in [0.25, 0.3) is 0 Å². The quantitative estimate of drug-likeness (QED) is 0.778. The van der Waals surface area contributed by atoms with Crippen LogP contribution in [-0.2, 0) is 9.59 Å². The Kier molecular flexibility index (Phi) is 6.85. The van der Waals surface area contributed by atoms with Crippen LogP contribution in [0.3, 0.4) is 0 Å². The van der Waals surface area contributed by atoms with Crippen molar-refractivity contribution in [2.45, 2.75) is 25.8 Å². The second kappa shape index (κ2) is 8.68. The second-order valence-electron chi connectivity index (χ2n) is 6.88. The molecular formula is C19H28ClN3O2. The SMILES string of the molecule is CCN1C(=O)CC[C@@H](C(=O)N(C)CCN(C)C)[C@@H]1c1ccc(Cl)cc1. The lowest BCUT2D eigenvalue weighted by Crippen LogP contribution is -2.49. The van der Waals surface area contributed by atoms with Gasteiger partial charge in [-0.15, -0.1) is 0 Å². The van der Waals surface area contributed by atoms with Crippen LogP contribution in [0, 0.1) is 5.92 Å². The fraction of sp³-hybridized carbons (Fsp3) is 0.579. The molecule has 5 nitrogen and oxygen atoms in total. The lowest BCUT2D eigenvalue weighted by atomic mass is 9.83. The number of piperidine rings is 1. The fourth-order valence-electron chi connectivity index (χ4n) is 3.40. The summed E-state index contributed by atoms with van der Waals surface area (Å²) >= 11 is 6.01. The number of likely N-dealkylation sites (N-methyl/N-ethyl adjacent to an activating group) is 2. The third-order valence-electron chi connectivity index (χ3n) is 4.83. The number of likely N-dealkylation sites (tertiary alicyclic amines) is 1. The maximum absolute atomic E-state index is 13.1. The van der Waals surface area contributed by atoms with Gasteiger partial charge in [-0.3, -0.25) is 9.59 Å². The van der Waals surface area contributed by atoms with Crippen molar-refractivity contribution in [3.8, 4) is 0 Å². The third kappa shape index (κ3) is 4.73. The summed E-state index contributed by atoms with van der Waals surface area (Å²) in [5.74, 6) is 0.00109. The van der Waals surface area contributed by atoms with Crippen molar-refractivity contribution >= 4 is 23.4 Å². The van der Waals surface area contributed by atoms with Crippen LogP contribution in [0.1, 0.15) is 31.4 Å². The Morgan fingerprint density at radius 3 is 2.40 bits per heavy atom. The highest BCUT2D eigenvalue weighted by molar-refractivity contribution is 6.30. The van der Waals surface area contributed by atoms with Gasteiger partial charge >= 0.3 is 0 Å². The van der Waals surface area contributed by atoms with Gasteiger partial charge in [0.15, 0.2) is 0 Å². The van der Waals surface area contributed by atoms with Gasteiger partial charge in [-0.1, -0.05) is 23.7 Å². The van der Waals surface area contributed by atoms with Crippen molar-refractivity contribution in [2.24, 2.45) is 5.92 Å². The van der Waals surface area contributed by atoms with E-state index in [2.05, 4.69) is 4.90 Å². The van der Waals surface area contributed by atoms with Gasteiger partial charge in [-0.2, -0.15) is 0 Å². The topological polar surface area (TPSA) is 43.9 Å². The van der Waals surface area contributed by atoms with E-state index in [9.17, 15) is 9.59 Å². The Hall–Kier alpha value is -1.59. The Morgan fingerprint density at radius 2 is 1.84 bits per heavy atom. The maximum Gasteiger partial charge on any atom is 0.227 e. The number of rotatable bonds is 6. The van der Waals surface area contributed by atoms with Crippen molar-refractivity contribution in [2.75, 3.05) is 40.8 Å². The molecule has 1 heterocycles. The molecule has 1 aromatic carbocycles. The molecule has 2 rings (SSSR count). The van der Waals surface area contributed by atoms with Crippen LogP contribution in [0.5, 0.6) is 0 Å². The first kappa shape index (κ1) is 19.7. The highest BCUT2D eigenvalue weighted by Gasteiger charge is 2.40. The largest absolute Gasteiger partial charge is 0.344 e. The average Bonchev–Trinajstić information content (AvgIpc) is 2.59.